The number of rotatable bonds is 4. The van der Waals surface area contributed by atoms with Gasteiger partial charge in [-0.3, -0.25) is 0 Å². The maximum absolute atomic E-state index is 13.2. The third kappa shape index (κ3) is 3.11. The summed E-state index contributed by atoms with van der Waals surface area (Å²) in [4.78, 5) is 3.90. The Balaban J connectivity index is 1.70. The molecule has 0 aliphatic heterocycles. The lowest BCUT2D eigenvalue weighted by Crippen LogP contribution is -2.01. The van der Waals surface area contributed by atoms with Crippen molar-refractivity contribution in [2.45, 2.75) is 13.5 Å². The molecule has 0 bridgehead atoms. The van der Waals surface area contributed by atoms with E-state index in [2.05, 4.69) is 10.3 Å². The van der Waals surface area contributed by atoms with E-state index in [1.807, 2.05) is 31.2 Å². The molecular weight excluding hydrogens is 267 g/mol. The van der Waals surface area contributed by atoms with Gasteiger partial charge in [0, 0.05) is 17.8 Å². The Bertz CT molecular complexity index is 721. The Labute approximate surface area is 122 Å². The number of halogens is 1. The second kappa shape index (κ2) is 5.79. The molecule has 0 aliphatic carbocycles. The highest BCUT2D eigenvalue weighted by Gasteiger charge is 2.03. The molecule has 1 N–H and O–H groups in total. The standard InChI is InChI=1S/C17H15FN2O/c1-12-2-5-15(18)8-14(12)9-20-16-6-3-13(4-7-16)17-10-19-11-21-17/h2-8,10-11,20H,9H2,1H3. The van der Waals surface area contributed by atoms with Gasteiger partial charge in [0.05, 0.1) is 6.20 Å². The van der Waals surface area contributed by atoms with E-state index < -0.39 is 0 Å². The summed E-state index contributed by atoms with van der Waals surface area (Å²) in [5, 5.41) is 3.29. The van der Waals surface area contributed by atoms with Crippen LogP contribution in [0.3, 0.4) is 0 Å². The van der Waals surface area contributed by atoms with Gasteiger partial charge in [0.1, 0.15) is 5.82 Å². The van der Waals surface area contributed by atoms with Gasteiger partial charge in [0.15, 0.2) is 12.2 Å². The van der Waals surface area contributed by atoms with E-state index >= 15 is 0 Å². The zero-order chi connectivity index (χ0) is 14.7. The van der Waals surface area contributed by atoms with E-state index in [0.29, 0.717) is 6.54 Å². The van der Waals surface area contributed by atoms with Crippen LogP contribution < -0.4 is 5.32 Å². The molecule has 0 fully saturated rings. The quantitative estimate of drug-likeness (QED) is 0.770. The van der Waals surface area contributed by atoms with Crippen LogP contribution in [0.15, 0.2) is 59.5 Å². The van der Waals surface area contributed by atoms with Crippen LogP contribution >= 0.6 is 0 Å². The first-order chi connectivity index (χ1) is 10.2. The third-order valence-electron chi connectivity index (χ3n) is 3.40. The van der Waals surface area contributed by atoms with Gasteiger partial charge in [-0.25, -0.2) is 9.37 Å². The second-order valence-electron chi connectivity index (χ2n) is 4.87. The first kappa shape index (κ1) is 13.4. The number of nitrogens with one attached hydrogen (secondary N) is 1. The van der Waals surface area contributed by atoms with Crippen LogP contribution in [0.2, 0.25) is 0 Å². The van der Waals surface area contributed by atoms with Crippen molar-refractivity contribution >= 4 is 5.69 Å². The fourth-order valence-electron chi connectivity index (χ4n) is 2.14. The number of hydrogen-bond donors (Lipinski definition) is 1. The van der Waals surface area contributed by atoms with Crippen LogP contribution in [-0.4, -0.2) is 4.98 Å². The maximum atomic E-state index is 13.2. The summed E-state index contributed by atoms with van der Waals surface area (Å²) in [6.45, 7) is 2.56. The van der Waals surface area contributed by atoms with Crippen LogP contribution in [-0.2, 0) is 6.54 Å². The lowest BCUT2D eigenvalue weighted by molar-refractivity contribution is 0.572. The number of hydrogen-bond acceptors (Lipinski definition) is 3. The topological polar surface area (TPSA) is 38.1 Å². The largest absolute Gasteiger partial charge is 0.444 e. The monoisotopic (exact) mass is 282 g/mol. The van der Waals surface area contributed by atoms with Crippen molar-refractivity contribution in [2.75, 3.05) is 5.32 Å². The zero-order valence-electron chi connectivity index (χ0n) is 11.6. The molecule has 0 unspecified atom stereocenters. The fourth-order valence-corrected chi connectivity index (χ4v) is 2.14. The molecule has 3 rings (SSSR count). The molecule has 4 heteroatoms. The number of aromatic nitrogens is 1. The number of anilines is 1. The van der Waals surface area contributed by atoms with Gasteiger partial charge in [-0.15, -0.1) is 0 Å². The van der Waals surface area contributed by atoms with Crippen molar-refractivity contribution < 1.29 is 8.81 Å². The lowest BCUT2D eigenvalue weighted by Gasteiger charge is -2.09. The van der Waals surface area contributed by atoms with E-state index in [4.69, 9.17) is 4.42 Å². The molecule has 2 aromatic carbocycles. The van der Waals surface area contributed by atoms with Crippen molar-refractivity contribution in [3.8, 4) is 11.3 Å². The number of oxazole rings is 1. The Kier molecular flexibility index (Phi) is 3.69. The normalized spacial score (nSPS) is 10.6. The van der Waals surface area contributed by atoms with Crippen molar-refractivity contribution in [2.24, 2.45) is 0 Å². The van der Waals surface area contributed by atoms with Gasteiger partial charge in [-0.2, -0.15) is 0 Å². The van der Waals surface area contributed by atoms with Crippen molar-refractivity contribution in [1.82, 2.24) is 4.98 Å². The first-order valence-electron chi connectivity index (χ1n) is 6.70. The van der Waals surface area contributed by atoms with E-state index in [9.17, 15) is 4.39 Å². The third-order valence-corrected chi connectivity index (χ3v) is 3.40. The fraction of sp³-hybridized carbons (Fsp3) is 0.118. The predicted molar refractivity (Wildman–Crippen MR) is 80.4 cm³/mol. The Morgan fingerprint density at radius 2 is 1.95 bits per heavy atom. The molecule has 0 aliphatic rings. The average molecular weight is 282 g/mol. The molecule has 0 spiro atoms. The van der Waals surface area contributed by atoms with Crippen molar-refractivity contribution in [3.63, 3.8) is 0 Å². The number of aryl methyl sites for hydroxylation is 1. The van der Waals surface area contributed by atoms with Gasteiger partial charge >= 0.3 is 0 Å². The van der Waals surface area contributed by atoms with Gasteiger partial charge in [0.25, 0.3) is 0 Å². The van der Waals surface area contributed by atoms with Crippen molar-refractivity contribution in [3.05, 3.63) is 72.0 Å². The molecule has 1 heterocycles. The average Bonchev–Trinajstić information content (AvgIpc) is 3.03. The SMILES string of the molecule is Cc1ccc(F)cc1CNc1ccc(-c2cnco2)cc1. The van der Waals surface area contributed by atoms with Crippen molar-refractivity contribution in [1.29, 1.82) is 0 Å². The summed E-state index contributed by atoms with van der Waals surface area (Å²) < 4.78 is 18.5. The molecule has 0 saturated carbocycles. The minimum absolute atomic E-state index is 0.210. The Morgan fingerprint density at radius 1 is 1.14 bits per heavy atom. The minimum Gasteiger partial charge on any atom is -0.444 e. The van der Waals surface area contributed by atoms with E-state index in [1.165, 1.54) is 12.5 Å². The second-order valence-corrected chi connectivity index (χ2v) is 4.87. The molecule has 0 amide bonds. The molecular formula is C17H15FN2O. The Morgan fingerprint density at radius 3 is 2.67 bits per heavy atom. The van der Waals surface area contributed by atoms with Crippen LogP contribution in [0.4, 0.5) is 10.1 Å². The predicted octanol–water partition coefficient (Wildman–Crippen LogP) is 4.40. The van der Waals surface area contributed by atoms with E-state index in [-0.39, 0.29) is 5.82 Å². The minimum atomic E-state index is -0.210. The zero-order valence-corrected chi connectivity index (χ0v) is 11.6. The molecule has 3 aromatic rings. The first-order valence-corrected chi connectivity index (χ1v) is 6.70. The maximum Gasteiger partial charge on any atom is 0.181 e. The van der Waals surface area contributed by atoms with Crippen LogP contribution in [0, 0.1) is 12.7 Å². The smallest absolute Gasteiger partial charge is 0.181 e. The summed E-state index contributed by atoms with van der Waals surface area (Å²) >= 11 is 0. The molecule has 0 radical (unpaired) electrons. The molecule has 0 atom stereocenters. The van der Waals surface area contributed by atoms with Gasteiger partial charge < -0.3 is 9.73 Å². The van der Waals surface area contributed by atoms with Crippen LogP contribution in [0.5, 0.6) is 0 Å². The molecule has 1 aromatic heterocycles. The van der Waals surface area contributed by atoms with Gasteiger partial charge in [0.2, 0.25) is 0 Å². The summed E-state index contributed by atoms with van der Waals surface area (Å²) in [6.07, 6.45) is 3.09. The summed E-state index contributed by atoms with van der Waals surface area (Å²) in [5.41, 5.74) is 3.97. The summed E-state index contributed by atoms with van der Waals surface area (Å²) in [5.74, 6) is 0.528. The van der Waals surface area contributed by atoms with Crippen LogP contribution in [0.25, 0.3) is 11.3 Å². The van der Waals surface area contributed by atoms with Gasteiger partial charge in [-0.1, -0.05) is 6.07 Å². The van der Waals surface area contributed by atoms with E-state index in [1.54, 1.807) is 18.3 Å². The highest BCUT2D eigenvalue weighted by molar-refractivity contribution is 5.60. The molecule has 0 saturated heterocycles. The summed E-state index contributed by atoms with van der Waals surface area (Å²) in [7, 11) is 0. The molecule has 3 nitrogen and oxygen atoms in total. The highest BCUT2D eigenvalue weighted by atomic mass is 19.1. The Hall–Kier alpha value is -2.62. The number of nitrogens with zero attached hydrogens (tertiary/aromatic N) is 1. The van der Waals surface area contributed by atoms with E-state index in [0.717, 1.165) is 28.1 Å². The molecule has 106 valence electrons. The number of benzene rings is 2. The lowest BCUT2D eigenvalue weighted by atomic mass is 10.1. The molecule has 21 heavy (non-hydrogen) atoms. The summed E-state index contributed by atoms with van der Waals surface area (Å²) in [6, 6.07) is 12.7. The van der Waals surface area contributed by atoms with Crippen LogP contribution in [0.1, 0.15) is 11.1 Å². The van der Waals surface area contributed by atoms with Gasteiger partial charge in [-0.05, 0) is 54.4 Å². The highest BCUT2D eigenvalue weighted by Crippen LogP contribution is 2.21.